The van der Waals surface area contributed by atoms with Crippen molar-refractivity contribution >= 4 is 17.4 Å². The number of nitrogens with zero attached hydrogens (tertiary/aromatic N) is 1. The van der Waals surface area contributed by atoms with Gasteiger partial charge in [-0.3, -0.25) is 9.69 Å². The lowest BCUT2D eigenvalue weighted by Crippen LogP contribution is -2.32. The largest absolute Gasteiger partial charge is 0.493 e. The lowest BCUT2D eigenvalue weighted by Gasteiger charge is -2.22. The highest BCUT2D eigenvalue weighted by Gasteiger charge is 2.21. The zero-order chi connectivity index (χ0) is 16.7. The maximum Gasteiger partial charge on any atom is 0.180 e. The van der Waals surface area contributed by atoms with Crippen molar-refractivity contribution in [1.29, 1.82) is 0 Å². The fraction of sp³-hybridized carbons (Fsp3) is 0.611. The van der Waals surface area contributed by atoms with Crippen LogP contribution in [0.25, 0.3) is 0 Å². The molecule has 0 N–H and O–H groups in total. The van der Waals surface area contributed by atoms with Crippen LogP contribution in [-0.2, 0) is 0 Å². The first-order valence-corrected chi connectivity index (χ1v) is 8.51. The van der Waals surface area contributed by atoms with Gasteiger partial charge < -0.3 is 4.74 Å². The molecule has 0 aromatic heterocycles. The van der Waals surface area contributed by atoms with Gasteiger partial charge in [-0.15, -0.1) is 0 Å². The minimum atomic E-state index is 0.0877. The molecule has 1 aromatic carbocycles. The summed E-state index contributed by atoms with van der Waals surface area (Å²) in [5, 5.41) is 0.657. The molecule has 1 rings (SSSR count). The predicted molar refractivity (Wildman–Crippen MR) is 93.4 cm³/mol. The zero-order valence-electron chi connectivity index (χ0n) is 14.5. The van der Waals surface area contributed by atoms with Gasteiger partial charge in [-0.1, -0.05) is 25.4 Å². The number of hydrogen-bond acceptors (Lipinski definition) is 3. The summed E-state index contributed by atoms with van der Waals surface area (Å²) in [7, 11) is 0. The Morgan fingerprint density at radius 2 is 1.77 bits per heavy atom. The second-order valence-electron chi connectivity index (χ2n) is 5.64. The van der Waals surface area contributed by atoms with Gasteiger partial charge in [0, 0.05) is 5.02 Å². The number of benzene rings is 1. The van der Waals surface area contributed by atoms with Gasteiger partial charge in [-0.05, 0) is 63.9 Å². The van der Waals surface area contributed by atoms with Crippen LogP contribution in [0.5, 0.6) is 5.75 Å². The monoisotopic (exact) mass is 325 g/mol. The number of ether oxygens (including phenoxy) is 1. The third kappa shape index (κ3) is 4.72. The third-order valence-corrected chi connectivity index (χ3v) is 4.25. The van der Waals surface area contributed by atoms with Crippen molar-refractivity contribution in [3.8, 4) is 5.75 Å². The Balaban J connectivity index is 3.12. The Bertz CT molecular complexity index is 508. The fourth-order valence-electron chi connectivity index (χ4n) is 2.72. The van der Waals surface area contributed by atoms with Gasteiger partial charge in [0.05, 0.1) is 18.7 Å². The maximum absolute atomic E-state index is 12.8. The average Bonchev–Trinajstić information content (AvgIpc) is 2.45. The van der Waals surface area contributed by atoms with E-state index in [1.165, 1.54) is 0 Å². The molecular weight excluding hydrogens is 298 g/mol. The number of carbonyl (C=O) groups excluding carboxylic acids is 1. The topological polar surface area (TPSA) is 29.5 Å². The van der Waals surface area contributed by atoms with Crippen molar-refractivity contribution in [3.63, 3.8) is 0 Å². The Morgan fingerprint density at radius 1 is 1.18 bits per heavy atom. The summed E-state index contributed by atoms with van der Waals surface area (Å²) in [6.45, 7) is 12.8. The summed E-state index contributed by atoms with van der Waals surface area (Å²) in [5.74, 6) is 0.740. The summed E-state index contributed by atoms with van der Waals surface area (Å²) >= 11 is 6.34. The standard InChI is InChI=1S/C18H28ClNO2/c1-6-9-20(10-7-2)12-15(21)17-14(5)18(19)13(4)11-16(17)22-8-3/h11H,6-10,12H2,1-5H3. The molecule has 0 saturated heterocycles. The normalized spacial score (nSPS) is 11.0. The van der Waals surface area contributed by atoms with Gasteiger partial charge in [0.25, 0.3) is 0 Å². The maximum atomic E-state index is 12.8. The van der Waals surface area contributed by atoms with Crippen molar-refractivity contribution in [2.24, 2.45) is 0 Å². The lowest BCUT2D eigenvalue weighted by atomic mass is 10.00. The van der Waals surface area contributed by atoms with E-state index >= 15 is 0 Å². The number of ketones is 1. The number of hydrogen-bond donors (Lipinski definition) is 0. The van der Waals surface area contributed by atoms with E-state index in [0.29, 0.717) is 29.5 Å². The Morgan fingerprint density at radius 3 is 2.27 bits per heavy atom. The van der Waals surface area contributed by atoms with Gasteiger partial charge in [0.1, 0.15) is 5.75 Å². The number of Topliss-reactive ketones (excluding diaryl/α,β-unsaturated/α-hetero) is 1. The molecule has 0 aliphatic heterocycles. The van der Waals surface area contributed by atoms with Crippen LogP contribution in [-0.4, -0.2) is 36.9 Å². The molecule has 22 heavy (non-hydrogen) atoms. The van der Waals surface area contributed by atoms with Gasteiger partial charge in [-0.25, -0.2) is 0 Å². The molecule has 0 unspecified atom stereocenters. The van der Waals surface area contributed by atoms with Crippen LogP contribution in [0.2, 0.25) is 5.02 Å². The highest BCUT2D eigenvalue weighted by Crippen LogP contribution is 2.32. The van der Waals surface area contributed by atoms with Crippen LogP contribution >= 0.6 is 11.6 Å². The lowest BCUT2D eigenvalue weighted by molar-refractivity contribution is 0.0926. The van der Waals surface area contributed by atoms with E-state index in [9.17, 15) is 4.79 Å². The van der Waals surface area contributed by atoms with Crippen LogP contribution in [0, 0.1) is 13.8 Å². The van der Waals surface area contributed by atoms with Gasteiger partial charge in [-0.2, -0.15) is 0 Å². The molecule has 0 fully saturated rings. The van der Waals surface area contributed by atoms with E-state index in [-0.39, 0.29) is 5.78 Å². The van der Waals surface area contributed by atoms with E-state index in [1.54, 1.807) is 0 Å². The second-order valence-corrected chi connectivity index (χ2v) is 6.02. The minimum Gasteiger partial charge on any atom is -0.493 e. The summed E-state index contributed by atoms with van der Waals surface area (Å²) in [5.41, 5.74) is 2.40. The SMILES string of the molecule is CCCN(CCC)CC(=O)c1c(OCC)cc(C)c(Cl)c1C. The minimum absolute atomic E-state index is 0.0877. The van der Waals surface area contributed by atoms with E-state index < -0.39 is 0 Å². The van der Waals surface area contributed by atoms with Crippen molar-refractivity contribution in [2.75, 3.05) is 26.2 Å². The average molecular weight is 326 g/mol. The molecule has 0 spiro atoms. The van der Waals surface area contributed by atoms with Gasteiger partial charge in [0.2, 0.25) is 0 Å². The molecule has 0 heterocycles. The Kier molecular flexibility index (Phi) is 7.91. The molecule has 0 bridgehead atoms. The van der Waals surface area contributed by atoms with E-state index in [1.807, 2.05) is 26.8 Å². The molecule has 0 aliphatic rings. The van der Waals surface area contributed by atoms with Crippen LogP contribution in [0.1, 0.15) is 55.1 Å². The quantitative estimate of drug-likeness (QED) is 0.618. The molecule has 124 valence electrons. The molecule has 3 nitrogen and oxygen atoms in total. The van der Waals surface area contributed by atoms with E-state index in [4.69, 9.17) is 16.3 Å². The summed E-state index contributed by atoms with van der Waals surface area (Å²) < 4.78 is 5.68. The van der Waals surface area contributed by atoms with Gasteiger partial charge in [0.15, 0.2) is 5.78 Å². The molecule has 0 aliphatic carbocycles. The van der Waals surface area contributed by atoms with E-state index in [2.05, 4.69) is 18.7 Å². The summed E-state index contributed by atoms with van der Waals surface area (Å²) in [6, 6.07) is 1.87. The first kappa shape index (κ1) is 19.0. The Hall–Kier alpha value is -1.06. The van der Waals surface area contributed by atoms with Crippen LogP contribution in [0.3, 0.4) is 0 Å². The van der Waals surface area contributed by atoms with Crippen LogP contribution in [0.4, 0.5) is 0 Å². The Labute approximate surface area is 139 Å². The number of halogens is 1. The predicted octanol–water partition coefficient (Wildman–Crippen LogP) is 4.66. The molecular formula is C18H28ClNO2. The third-order valence-electron chi connectivity index (χ3n) is 3.67. The molecule has 0 atom stereocenters. The summed E-state index contributed by atoms with van der Waals surface area (Å²) in [6.07, 6.45) is 2.08. The van der Waals surface area contributed by atoms with Crippen LogP contribution < -0.4 is 4.74 Å². The number of rotatable bonds is 9. The van der Waals surface area contributed by atoms with E-state index in [0.717, 1.165) is 37.1 Å². The molecule has 0 radical (unpaired) electrons. The number of carbonyl (C=O) groups is 1. The highest BCUT2D eigenvalue weighted by atomic mass is 35.5. The smallest absolute Gasteiger partial charge is 0.180 e. The molecule has 4 heteroatoms. The van der Waals surface area contributed by atoms with Crippen molar-refractivity contribution < 1.29 is 9.53 Å². The van der Waals surface area contributed by atoms with Crippen molar-refractivity contribution in [2.45, 2.75) is 47.5 Å². The summed E-state index contributed by atoms with van der Waals surface area (Å²) in [4.78, 5) is 15.0. The fourth-order valence-corrected chi connectivity index (χ4v) is 2.87. The zero-order valence-corrected chi connectivity index (χ0v) is 15.2. The molecule has 0 saturated carbocycles. The van der Waals surface area contributed by atoms with Crippen molar-refractivity contribution in [3.05, 3.63) is 27.8 Å². The first-order valence-electron chi connectivity index (χ1n) is 8.14. The van der Waals surface area contributed by atoms with Crippen molar-refractivity contribution in [1.82, 2.24) is 4.90 Å². The van der Waals surface area contributed by atoms with Crippen LogP contribution in [0.15, 0.2) is 6.07 Å². The highest BCUT2D eigenvalue weighted by molar-refractivity contribution is 6.32. The molecule has 0 amide bonds. The molecule has 1 aromatic rings. The van der Waals surface area contributed by atoms with Gasteiger partial charge >= 0.3 is 0 Å². The second kappa shape index (κ2) is 9.16. The number of aryl methyl sites for hydroxylation is 1. The first-order chi connectivity index (χ1) is 10.5.